The van der Waals surface area contributed by atoms with Crippen molar-refractivity contribution < 1.29 is 4.79 Å². The third kappa shape index (κ3) is 2.33. The van der Waals surface area contributed by atoms with Crippen LogP contribution in [0.5, 0.6) is 0 Å². The summed E-state index contributed by atoms with van der Waals surface area (Å²) in [5, 5.41) is 6.18. The SMILES string of the molecule is Cc1cccnc1C(=O)NC1CCNC1. The van der Waals surface area contributed by atoms with E-state index >= 15 is 0 Å². The number of pyridine rings is 1. The Labute approximate surface area is 89.1 Å². The van der Waals surface area contributed by atoms with E-state index in [4.69, 9.17) is 0 Å². The highest BCUT2D eigenvalue weighted by molar-refractivity contribution is 5.93. The molecule has 1 aromatic heterocycles. The lowest BCUT2D eigenvalue weighted by Gasteiger charge is -2.11. The van der Waals surface area contributed by atoms with Crippen molar-refractivity contribution in [2.24, 2.45) is 0 Å². The van der Waals surface area contributed by atoms with Gasteiger partial charge in [-0.25, -0.2) is 0 Å². The molecule has 2 heterocycles. The summed E-state index contributed by atoms with van der Waals surface area (Å²) in [6.07, 6.45) is 2.65. The Hall–Kier alpha value is -1.42. The molecule has 0 aliphatic carbocycles. The standard InChI is InChI=1S/C11H15N3O/c1-8-3-2-5-13-10(8)11(15)14-9-4-6-12-7-9/h2-3,5,9,12H,4,6-7H2,1H3,(H,14,15). The van der Waals surface area contributed by atoms with Gasteiger partial charge in [-0.1, -0.05) is 6.07 Å². The zero-order valence-electron chi connectivity index (χ0n) is 8.79. The molecule has 0 saturated carbocycles. The van der Waals surface area contributed by atoms with Crippen molar-refractivity contribution in [1.82, 2.24) is 15.6 Å². The van der Waals surface area contributed by atoms with Gasteiger partial charge >= 0.3 is 0 Å². The van der Waals surface area contributed by atoms with E-state index < -0.39 is 0 Å². The molecule has 0 aromatic carbocycles. The molecule has 1 aromatic rings. The van der Waals surface area contributed by atoms with E-state index in [-0.39, 0.29) is 11.9 Å². The van der Waals surface area contributed by atoms with Gasteiger partial charge in [0, 0.05) is 18.8 Å². The molecule has 0 spiro atoms. The normalized spacial score (nSPS) is 20.2. The molecule has 4 nitrogen and oxygen atoms in total. The number of hydrogen-bond donors (Lipinski definition) is 2. The maximum Gasteiger partial charge on any atom is 0.270 e. The number of hydrogen-bond acceptors (Lipinski definition) is 3. The maximum atomic E-state index is 11.8. The van der Waals surface area contributed by atoms with Gasteiger partial charge in [0.2, 0.25) is 0 Å². The molecule has 0 bridgehead atoms. The first kappa shape index (κ1) is 10.1. The molecule has 4 heteroatoms. The zero-order chi connectivity index (χ0) is 10.7. The van der Waals surface area contributed by atoms with Crippen LogP contribution in [0.1, 0.15) is 22.5 Å². The van der Waals surface area contributed by atoms with Crippen LogP contribution in [0.25, 0.3) is 0 Å². The van der Waals surface area contributed by atoms with Gasteiger partial charge in [0.25, 0.3) is 5.91 Å². The van der Waals surface area contributed by atoms with Crippen LogP contribution in [0, 0.1) is 6.92 Å². The summed E-state index contributed by atoms with van der Waals surface area (Å²) in [4.78, 5) is 15.9. The Kier molecular flexibility index (Phi) is 2.97. The highest BCUT2D eigenvalue weighted by Crippen LogP contribution is 2.05. The van der Waals surface area contributed by atoms with E-state index in [0.717, 1.165) is 25.1 Å². The number of aromatic nitrogens is 1. The Balaban J connectivity index is 2.04. The second-order valence-electron chi connectivity index (χ2n) is 3.83. The van der Waals surface area contributed by atoms with E-state index in [2.05, 4.69) is 15.6 Å². The summed E-state index contributed by atoms with van der Waals surface area (Å²) in [5.74, 6) is -0.0678. The molecule has 0 radical (unpaired) electrons. The van der Waals surface area contributed by atoms with Gasteiger partial charge in [-0.2, -0.15) is 0 Å². The van der Waals surface area contributed by atoms with Gasteiger partial charge in [-0.3, -0.25) is 9.78 Å². The second-order valence-corrected chi connectivity index (χ2v) is 3.83. The van der Waals surface area contributed by atoms with E-state index in [0.29, 0.717) is 5.69 Å². The third-order valence-electron chi connectivity index (χ3n) is 2.62. The molecule has 1 fully saturated rings. The first-order chi connectivity index (χ1) is 7.27. The van der Waals surface area contributed by atoms with E-state index in [1.807, 2.05) is 19.1 Å². The number of nitrogens with zero attached hydrogens (tertiary/aromatic N) is 1. The minimum Gasteiger partial charge on any atom is -0.347 e. The summed E-state index contributed by atoms with van der Waals surface area (Å²) in [7, 11) is 0. The predicted molar refractivity (Wildman–Crippen MR) is 57.7 cm³/mol. The van der Waals surface area contributed by atoms with Crippen LogP contribution in [-0.2, 0) is 0 Å². The van der Waals surface area contributed by atoms with Gasteiger partial charge < -0.3 is 10.6 Å². The number of carbonyl (C=O) groups excluding carboxylic acids is 1. The van der Waals surface area contributed by atoms with Gasteiger partial charge in [-0.05, 0) is 31.5 Å². The van der Waals surface area contributed by atoms with Gasteiger partial charge in [0.1, 0.15) is 5.69 Å². The van der Waals surface area contributed by atoms with Crippen LogP contribution < -0.4 is 10.6 Å². The molecule has 1 aliphatic rings. The van der Waals surface area contributed by atoms with Crippen molar-refractivity contribution in [3.63, 3.8) is 0 Å². The van der Waals surface area contributed by atoms with Gasteiger partial charge in [0.15, 0.2) is 0 Å². The molecule has 1 atom stereocenters. The molecule has 1 unspecified atom stereocenters. The summed E-state index contributed by atoms with van der Waals surface area (Å²) < 4.78 is 0. The van der Waals surface area contributed by atoms with Crippen LogP contribution in [0.3, 0.4) is 0 Å². The fraction of sp³-hybridized carbons (Fsp3) is 0.455. The topological polar surface area (TPSA) is 54.0 Å². The van der Waals surface area contributed by atoms with Crippen molar-refractivity contribution in [1.29, 1.82) is 0 Å². The summed E-state index contributed by atoms with van der Waals surface area (Å²) >= 11 is 0. The highest BCUT2D eigenvalue weighted by atomic mass is 16.1. The zero-order valence-corrected chi connectivity index (χ0v) is 8.79. The number of nitrogens with one attached hydrogen (secondary N) is 2. The first-order valence-corrected chi connectivity index (χ1v) is 5.20. The molecular weight excluding hydrogens is 190 g/mol. The maximum absolute atomic E-state index is 11.8. The predicted octanol–water partition coefficient (Wildman–Crippen LogP) is 0.482. The van der Waals surface area contributed by atoms with Crippen molar-refractivity contribution in [2.45, 2.75) is 19.4 Å². The fourth-order valence-corrected chi connectivity index (χ4v) is 1.75. The molecule has 1 saturated heterocycles. The minimum atomic E-state index is -0.0678. The van der Waals surface area contributed by atoms with Crippen molar-refractivity contribution >= 4 is 5.91 Å². The average Bonchev–Trinajstić information content (AvgIpc) is 2.71. The number of amides is 1. The van der Waals surface area contributed by atoms with Gasteiger partial charge in [-0.15, -0.1) is 0 Å². The Bertz CT molecular complexity index is 359. The van der Waals surface area contributed by atoms with Crippen molar-refractivity contribution in [2.75, 3.05) is 13.1 Å². The van der Waals surface area contributed by atoms with Crippen LogP contribution in [0.4, 0.5) is 0 Å². The van der Waals surface area contributed by atoms with Crippen LogP contribution in [0.15, 0.2) is 18.3 Å². The lowest BCUT2D eigenvalue weighted by molar-refractivity contribution is 0.0934. The number of carbonyl (C=O) groups is 1. The van der Waals surface area contributed by atoms with E-state index in [1.54, 1.807) is 6.20 Å². The molecule has 80 valence electrons. The lowest BCUT2D eigenvalue weighted by atomic mass is 10.2. The second kappa shape index (κ2) is 4.40. The number of rotatable bonds is 2. The molecule has 1 amide bonds. The van der Waals surface area contributed by atoms with E-state index in [1.165, 1.54) is 0 Å². The Morgan fingerprint density at radius 1 is 1.67 bits per heavy atom. The lowest BCUT2D eigenvalue weighted by Crippen LogP contribution is -2.36. The smallest absolute Gasteiger partial charge is 0.270 e. The van der Waals surface area contributed by atoms with Crippen molar-refractivity contribution in [3.8, 4) is 0 Å². The molecule has 2 rings (SSSR count). The van der Waals surface area contributed by atoms with E-state index in [9.17, 15) is 4.79 Å². The average molecular weight is 205 g/mol. The summed E-state index contributed by atoms with van der Waals surface area (Å²) in [6, 6.07) is 3.98. The van der Waals surface area contributed by atoms with Gasteiger partial charge in [0.05, 0.1) is 0 Å². The quantitative estimate of drug-likeness (QED) is 0.738. The first-order valence-electron chi connectivity index (χ1n) is 5.20. The molecular formula is C11H15N3O. The molecule has 1 aliphatic heterocycles. The third-order valence-corrected chi connectivity index (χ3v) is 2.62. The molecule has 15 heavy (non-hydrogen) atoms. The summed E-state index contributed by atoms with van der Waals surface area (Å²) in [6.45, 7) is 3.73. The van der Waals surface area contributed by atoms with Crippen LogP contribution in [-0.4, -0.2) is 30.0 Å². The fourth-order valence-electron chi connectivity index (χ4n) is 1.75. The number of aryl methyl sites for hydroxylation is 1. The highest BCUT2D eigenvalue weighted by Gasteiger charge is 2.18. The largest absolute Gasteiger partial charge is 0.347 e. The monoisotopic (exact) mass is 205 g/mol. The summed E-state index contributed by atoms with van der Waals surface area (Å²) in [5.41, 5.74) is 1.45. The van der Waals surface area contributed by atoms with Crippen molar-refractivity contribution in [3.05, 3.63) is 29.6 Å². The Morgan fingerprint density at radius 2 is 2.53 bits per heavy atom. The van der Waals surface area contributed by atoms with Crippen LogP contribution in [0.2, 0.25) is 0 Å². The molecule has 2 N–H and O–H groups in total. The Morgan fingerprint density at radius 3 is 3.20 bits per heavy atom. The van der Waals surface area contributed by atoms with Crippen LogP contribution >= 0.6 is 0 Å². The minimum absolute atomic E-state index is 0.0678.